The van der Waals surface area contributed by atoms with E-state index < -0.39 is 0 Å². The molecule has 0 N–H and O–H groups in total. The fraction of sp³-hybridized carbons (Fsp3) is 0.0877. The van der Waals surface area contributed by atoms with Gasteiger partial charge in [0.1, 0.15) is 0 Å². The first-order valence-corrected chi connectivity index (χ1v) is 22.9. The quantitative estimate of drug-likeness (QED) is 0.165. The van der Waals surface area contributed by atoms with Crippen molar-refractivity contribution in [1.82, 2.24) is 4.57 Å². The highest BCUT2D eigenvalue weighted by molar-refractivity contribution is 8.05. The molecule has 2 aliphatic carbocycles. The molecule has 2 nitrogen and oxygen atoms in total. The van der Waals surface area contributed by atoms with Crippen LogP contribution in [0.15, 0.2) is 208 Å². The van der Waals surface area contributed by atoms with Gasteiger partial charge in [0.15, 0.2) is 0 Å². The lowest BCUT2D eigenvalue weighted by molar-refractivity contribution is 0.658. The average Bonchev–Trinajstić information content (AvgIpc) is 3.77. The van der Waals surface area contributed by atoms with Gasteiger partial charge in [0.05, 0.1) is 5.52 Å². The third kappa shape index (κ3) is 5.96. The second-order valence-electron chi connectivity index (χ2n) is 16.8. The van der Waals surface area contributed by atoms with Crippen LogP contribution in [0.5, 0.6) is 0 Å². The summed E-state index contributed by atoms with van der Waals surface area (Å²) in [4.78, 5) is 7.78. The van der Waals surface area contributed by atoms with E-state index in [2.05, 4.69) is 217 Å². The van der Waals surface area contributed by atoms with E-state index in [0.29, 0.717) is 0 Å². The lowest BCUT2D eigenvalue weighted by Gasteiger charge is -2.26. The molecule has 0 bridgehead atoms. The SMILES string of the molecule is CC1(C)c2cc3c(cc2-c2c1ccc1c4c(n(-c5ccc(N(c6ccc(-c7ccccc7)cc6)c6ccc(-c7ccccc7)cc6)cc5)c21)C=CCC4)Sc1ccccc1S3. The molecule has 1 aromatic heterocycles. The van der Waals surface area contributed by atoms with E-state index in [1.54, 1.807) is 0 Å². The molecular weight excluding hydrogens is 777 g/mol. The molecule has 0 spiro atoms. The Labute approximate surface area is 366 Å². The highest BCUT2D eigenvalue weighted by atomic mass is 32.2. The summed E-state index contributed by atoms with van der Waals surface area (Å²) in [5.41, 5.74) is 18.9. The molecule has 61 heavy (non-hydrogen) atoms. The van der Waals surface area contributed by atoms with Crippen LogP contribution < -0.4 is 4.90 Å². The number of benzene rings is 8. The maximum absolute atomic E-state index is 2.57. The minimum absolute atomic E-state index is 0.127. The van der Waals surface area contributed by atoms with Crippen molar-refractivity contribution in [3.8, 4) is 39.1 Å². The summed E-state index contributed by atoms with van der Waals surface area (Å²) in [6, 6.07) is 67.1. The van der Waals surface area contributed by atoms with Crippen LogP contribution in [0, 0.1) is 0 Å². The summed E-state index contributed by atoms with van der Waals surface area (Å²) in [7, 11) is 0. The number of fused-ring (bicyclic) bond motifs is 9. The smallest absolute Gasteiger partial charge is 0.0619 e. The number of aromatic nitrogens is 1. The van der Waals surface area contributed by atoms with Crippen LogP contribution in [-0.4, -0.2) is 4.57 Å². The molecule has 4 heteroatoms. The molecule has 0 saturated heterocycles. The maximum atomic E-state index is 2.57. The summed E-state index contributed by atoms with van der Waals surface area (Å²) >= 11 is 3.83. The largest absolute Gasteiger partial charge is 0.311 e. The average molecular weight is 819 g/mol. The number of nitrogens with zero attached hydrogens (tertiary/aromatic N) is 2. The first-order chi connectivity index (χ1) is 30.0. The molecular formula is C57H42N2S2. The van der Waals surface area contributed by atoms with E-state index in [9.17, 15) is 0 Å². The van der Waals surface area contributed by atoms with Crippen molar-refractivity contribution in [2.75, 3.05) is 4.90 Å². The standard InChI is InChI=1S/C57H42N2S2/c1-57(2)48-34-33-46-45-17-9-10-18-50(45)59(56(46)55(48)47-35-53-54(36-49(47)57)61-52-20-12-11-19-51(52)60-53)44-31-29-43(30-32-44)58(41-25-21-39(22-26-41)37-13-5-3-6-14-37)42-27-23-40(24-28-42)38-15-7-4-8-16-38/h3-8,10-16,18-36H,9,17H2,1-2H3. The molecule has 3 aliphatic rings. The first kappa shape index (κ1) is 36.4. The van der Waals surface area contributed by atoms with Gasteiger partial charge in [-0.2, -0.15) is 0 Å². The molecule has 9 aromatic rings. The molecule has 0 fully saturated rings. The second kappa shape index (κ2) is 14.3. The van der Waals surface area contributed by atoms with Gasteiger partial charge in [0.2, 0.25) is 0 Å². The van der Waals surface area contributed by atoms with Gasteiger partial charge in [-0.05, 0) is 136 Å². The van der Waals surface area contributed by atoms with Crippen LogP contribution in [0.2, 0.25) is 0 Å². The molecule has 8 aromatic carbocycles. The molecule has 1 aliphatic heterocycles. The highest BCUT2D eigenvalue weighted by Crippen LogP contribution is 2.58. The van der Waals surface area contributed by atoms with Gasteiger partial charge in [-0.3, -0.25) is 0 Å². The molecule has 2 heterocycles. The number of hydrogen-bond donors (Lipinski definition) is 0. The van der Waals surface area contributed by atoms with E-state index in [-0.39, 0.29) is 5.41 Å². The van der Waals surface area contributed by atoms with Crippen molar-refractivity contribution in [2.24, 2.45) is 0 Å². The third-order valence-electron chi connectivity index (χ3n) is 12.9. The van der Waals surface area contributed by atoms with Crippen molar-refractivity contribution in [3.05, 3.63) is 210 Å². The minimum atomic E-state index is -0.127. The van der Waals surface area contributed by atoms with Gasteiger partial charge in [0.25, 0.3) is 0 Å². The summed E-state index contributed by atoms with van der Waals surface area (Å²) < 4.78 is 2.57. The van der Waals surface area contributed by atoms with Crippen LogP contribution in [0.1, 0.15) is 42.7 Å². The fourth-order valence-corrected chi connectivity index (χ4v) is 12.2. The Hall–Kier alpha value is -6.46. The predicted octanol–water partition coefficient (Wildman–Crippen LogP) is 16.3. The lowest BCUT2D eigenvalue weighted by atomic mass is 9.82. The summed E-state index contributed by atoms with van der Waals surface area (Å²) in [6.45, 7) is 4.83. The Balaban J connectivity index is 0.996. The van der Waals surface area contributed by atoms with E-state index in [1.807, 2.05) is 23.5 Å². The van der Waals surface area contributed by atoms with Crippen LogP contribution in [0.25, 0.3) is 56.0 Å². The van der Waals surface area contributed by atoms with Crippen molar-refractivity contribution in [2.45, 2.75) is 51.7 Å². The van der Waals surface area contributed by atoms with E-state index in [4.69, 9.17) is 0 Å². The van der Waals surface area contributed by atoms with Crippen molar-refractivity contribution < 1.29 is 0 Å². The van der Waals surface area contributed by atoms with E-state index in [0.717, 1.165) is 29.9 Å². The number of rotatable bonds is 6. The van der Waals surface area contributed by atoms with Crippen LogP contribution >= 0.6 is 23.5 Å². The number of anilines is 3. The Morgan fingerprint density at radius 2 is 1.03 bits per heavy atom. The Morgan fingerprint density at radius 1 is 0.508 bits per heavy atom. The second-order valence-corrected chi connectivity index (χ2v) is 19.0. The molecule has 0 unspecified atom stereocenters. The monoisotopic (exact) mass is 818 g/mol. The van der Waals surface area contributed by atoms with Crippen molar-refractivity contribution >= 4 is 57.6 Å². The predicted molar refractivity (Wildman–Crippen MR) is 258 cm³/mol. The summed E-state index contributed by atoms with van der Waals surface area (Å²) in [5.74, 6) is 0. The maximum Gasteiger partial charge on any atom is 0.0619 e. The summed E-state index contributed by atoms with van der Waals surface area (Å²) in [5, 5.41) is 1.37. The van der Waals surface area contributed by atoms with Gasteiger partial charge in [-0.25, -0.2) is 0 Å². The molecule has 292 valence electrons. The Bertz CT molecular complexity index is 3100. The van der Waals surface area contributed by atoms with Crippen LogP contribution in [0.3, 0.4) is 0 Å². The third-order valence-corrected chi connectivity index (χ3v) is 15.5. The topological polar surface area (TPSA) is 8.17 Å². The minimum Gasteiger partial charge on any atom is -0.311 e. The van der Waals surface area contributed by atoms with Gasteiger partial charge in [0, 0.05) is 64.4 Å². The van der Waals surface area contributed by atoms with Crippen molar-refractivity contribution in [1.29, 1.82) is 0 Å². The molecule has 0 amide bonds. The lowest BCUT2D eigenvalue weighted by Crippen LogP contribution is -2.15. The van der Waals surface area contributed by atoms with Gasteiger partial charge >= 0.3 is 0 Å². The number of aryl methyl sites for hydroxylation is 1. The van der Waals surface area contributed by atoms with E-state index in [1.165, 1.54) is 91.9 Å². The molecule has 0 atom stereocenters. The zero-order valence-electron chi connectivity index (χ0n) is 34.1. The number of hydrogen-bond acceptors (Lipinski definition) is 3. The molecule has 12 rings (SSSR count). The first-order valence-electron chi connectivity index (χ1n) is 21.2. The highest BCUT2D eigenvalue weighted by Gasteiger charge is 2.40. The summed E-state index contributed by atoms with van der Waals surface area (Å²) in [6.07, 6.45) is 6.82. The van der Waals surface area contributed by atoms with Crippen LogP contribution in [0.4, 0.5) is 17.1 Å². The normalized spacial score (nSPS) is 14.2. The van der Waals surface area contributed by atoms with Gasteiger partial charge < -0.3 is 9.47 Å². The Morgan fingerprint density at radius 3 is 1.62 bits per heavy atom. The number of allylic oxidation sites excluding steroid dienone is 1. The molecule has 0 radical (unpaired) electrons. The van der Waals surface area contributed by atoms with E-state index >= 15 is 0 Å². The van der Waals surface area contributed by atoms with Crippen molar-refractivity contribution in [3.63, 3.8) is 0 Å². The zero-order valence-corrected chi connectivity index (χ0v) is 35.7. The van der Waals surface area contributed by atoms with Gasteiger partial charge in [-0.15, -0.1) is 0 Å². The fourth-order valence-electron chi connectivity index (χ4n) is 9.89. The zero-order chi connectivity index (χ0) is 40.7. The molecule has 0 saturated carbocycles. The van der Waals surface area contributed by atoms with Crippen LogP contribution in [-0.2, 0) is 11.8 Å². The Kier molecular flexibility index (Phi) is 8.55. The van der Waals surface area contributed by atoms with Gasteiger partial charge in [-0.1, -0.05) is 153 Å².